The highest BCUT2D eigenvalue weighted by atomic mass is 16.5. The largest absolute Gasteiger partial charge is 0.490 e. The lowest BCUT2D eigenvalue weighted by Crippen LogP contribution is -2.13. The van der Waals surface area contributed by atoms with E-state index in [1.807, 2.05) is 50.2 Å². The number of carbonyl (C=O) groups excluding carboxylic acids is 1. The Morgan fingerprint density at radius 1 is 0.941 bits per heavy atom. The Labute approximate surface area is 200 Å². The Morgan fingerprint density at radius 3 is 2.38 bits per heavy atom. The van der Waals surface area contributed by atoms with E-state index in [-0.39, 0.29) is 5.57 Å². The molecule has 0 aliphatic carbocycles. The fourth-order valence-electron chi connectivity index (χ4n) is 3.10. The van der Waals surface area contributed by atoms with Crippen LogP contribution in [-0.4, -0.2) is 19.1 Å². The van der Waals surface area contributed by atoms with Gasteiger partial charge in [-0.15, -0.1) is 0 Å². The van der Waals surface area contributed by atoms with Crippen molar-refractivity contribution >= 4 is 17.7 Å². The highest BCUT2D eigenvalue weighted by molar-refractivity contribution is 6.09. The van der Waals surface area contributed by atoms with Gasteiger partial charge in [0, 0.05) is 5.69 Å². The van der Waals surface area contributed by atoms with Gasteiger partial charge in [-0.3, -0.25) is 4.79 Å². The number of nitriles is 1. The topological polar surface area (TPSA) is 80.6 Å². The molecular formula is C28H28N2O4. The summed E-state index contributed by atoms with van der Waals surface area (Å²) in [6.45, 7) is 5.43. The van der Waals surface area contributed by atoms with Crippen LogP contribution in [-0.2, 0) is 11.4 Å². The number of carbonyl (C=O) groups is 1. The Bertz CT molecular complexity index is 1150. The van der Waals surface area contributed by atoms with Crippen LogP contribution in [0.4, 0.5) is 5.69 Å². The molecule has 0 aliphatic heterocycles. The number of rotatable bonds is 11. The van der Waals surface area contributed by atoms with Crippen LogP contribution in [0.5, 0.6) is 17.2 Å². The van der Waals surface area contributed by atoms with Crippen molar-refractivity contribution in [3.8, 4) is 23.3 Å². The molecule has 0 aliphatic rings. The van der Waals surface area contributed by atoms with Gasteiger partial charge in [0.25, 0.3) is 5.91 Å². The van der Waals surface area contributed by atoms with Crippen molar-refractivity contribution < 1.29 is 19.0 Å². The van der Waals surface area contributed by atoms with E-state index in [0.29, 0.717) is 48.3 Å². The molecule has 34 heavy (non-hydrogen) atoms. The number of anilines is 1. The SMILES string of the molecule is CCCOc1ccc(/C=C(\C#N)C(=O)Nc2ccc(OCc3ccccc3)cc2)cc1OCC. The van der Waals surface area contributed by atoms with Gasteiger partial charge in [-0.2, -0.15) is 5.26 Å². The maximum atomic E-state index is 12.7. The number of nitrogens with zero attached hydrogens (tertiary/aromatic N) is 1. The van der Waals surface area contributed by atoms with E-state index in [2.05, 4.69) is 5.32 Å². The minimum Gasteiger partial charge on any atom is -0.490 e. The first-order chi connectivity index (χ1) is 16.6. The van der Waals surface area contributed by atoms with Gasteiger partial charge in [-0.25, -0.2) is 0 Å². The van der Waals surface area contributed by atoms with Crippen LogP contribution in [0.3, 0.4) is 0 Å². The summed E-state index contributed by atoms with van der Waals surface area (Å²) in [6.07, 6.45) is 2.41. The van der Waals surface area contributed by atoms with E-state index in [4.69, 9.17) is 14.2 Å². The molecule has 174 valence electrons. The molecule has 1 N–H and O–H groups in total. The van der Waals surface area contributed by atoms with Crippen LogP contribution in [0.25, 0.3) is 6.08 Å². The summed E-state index contributed by atoms with van der Waals surface area (Å²) in [4.78, 5) is 12.7. The molecule has 6 nitrogen and oxygen atoms in total. The van der Waals surface area contributed by atoms with Crippen molar-refractivity contribution in [1.82, 2.24) is 0 Å². The van der Waals surface area contributed by atoms with E-state index in [9.17, 15) is 10.1 Å². The van der Waals surface area contributed by atoms with Gasteiger partial charge in [-0.1, -0.05) is 43.3 Å². The highest BCUT2D eigenvalue weighted by Crippen LogP contribution is 2.29. The summed E-state index contributed by atoms with van der Waals surface area (Å²) in [5.74, 6) is 1.41. The Morgan fingerprint density at radius 2 is 1.71 bits per heavy atom. The van der Waals surface area contributed by atoms with Crippen LogP contribution in [0, 0.1) is 11.3 Å². The van der Waals surface area contributed by atoms with Gasteiger partial charge in [0.1, 0.15) is 24.0 Å². The summed E-state index contributed by atoms with van der Waals surface area (Å²) in [6, 6.07) is 24.2. The number of hydrogen-bond donors (Lipinski definition) is 1. The number of amides is 1. The zero-order valence-corrected chi connectivity index (χ0v) is 19.4. The molecule has 0 unspecified atom stereocenters. The molecule has 3 aromatic carbocycles. The van der Waals surface area contributed by atoms with Crippen molar-refractivity contribution in [1.29, 1.82) is 5.26 Å². The van der Waals surface area contributed by atoms with Gasteiger partial charge in [-0.05, 0) is 66.9 Å². The van der Waals surface area contributed by atoms with E-state index < -0.39 is 5.91 Å². The number of ether oxygens (including phenoxy) is 3. The molecule has 0 radical (unpaired) electrons. The first-order valence-electron chi connectivity index (χ1n) is 11.2. The predicted octanol–water partition coefficient (Wildman–Crippen LogP) is 6.00. The first-order valence-corrected chi connectivity index (χ1v) is 11.2. The minimum atomic E-state index is -0.496. The molecule has 0 bridgehead atoms. The zero-order valence-electron chi connectivity index (χ0n) is 19.4. The Hall–Kier alpha value is -4.24. The molecule has 0 heterocycles. The van der Waals surface area contributed by atoms with Crippen LogP contribution in [0.2, 0.25) is 0 Å². The standard InChI is InChI=1S/C28H28N2O4/c1-3-16-33-26-15-10-22(18-27(26)32-4-2)17-23(19-29)28(31)30-24-11-13-25(14-12-24)34-20-21-8-6-5-7-9-21/h5-15,17-18H,3-4,16,20H2,1-2H3,(H,30,31)/b23-17+. The fraction of sp³-hybridized carbons (Fsp3) is 0.214. The second kappa shape index (κ2) is 12.7. The maximum Gasteiger partial charge on any atom is 0.266 e. The average Bonchev–Trinajstić information content (AvgIpc) is 2.87. The molecule has 0 saturated heterocycles. The van der Waals surface area contributed by atoms with Crippen molar-refractivity contribution in [2.24, 2.45) is 0 Å². The van der Waals surface area contributed by atoms with Crippen LogP contribution in [0.15, 0.2) is 78.4 Å². The fourth-order valence-corrected chi connectivity index (χ4v) is 3.10. The highest BCUT2D eigenvalue weighted by Gasteiger charge is 2.12. The molecule has 6 heteroatoms. The van der Waals surface area contributed by atoms with Crippen molar-refractivity contribution in [3.05, 3.63) is 89.5 Å². The van der Waals surface area contributed by atoms with Crippen molar-refractivity contribution in [2.75, 3.05) is 18.5 Å². The van der Waals surface area contributed by atoms with Crippen LogP contribution < -0.4 is 19.5 Å². The lowest BCUT2D eigenvalue weighted by atomic mass is 10.1. The van der Waals surface area contributed by atoms with Gasteiger partial charge in [0.2, 0.25) is 0 Å². The third-order valence-corrected chi connectivity index (χ3v) is 4.77. The lowest BCUT2D eigenvalue weighted by molar-refractivity contribution is -0.112. The third-order valence-electron chi connectivity index (χ3n) is 4.77. The summed E-state index contributed by atoms with van der Waals surface area (Å²) < 4.78 is 17.1. The van der Waals surface area contributed by atoms with Gasteiger partial charge >= 0.3 is 0 Å². The molecule has 0 fully saturated rings. The second-order valence-electron chi connectivity index (χ2n) is 7.41. The predicted molar refractivity (Wildman–Crippen MR) is 133 cm³/mol. The molecule has 0 saturated carbocycles. The summed E-state index contributed by atoms with van der Waals surface area (Å²) in [5, 5.41) is 12.3. The number of benzene rings is 3. The van der Waals surface area contributed by atoms with Gasteiger partial charge in [0.05, 0.1) is 13.2 Å². The smallest absolute Gasteiger partial charge is 0.266 e. The summed E-state index contributed by atoms with van der Waals surface area (Å²) in [5.41, 5.74) is 2.29. The normalized spacial score (nSPS) is 10.8. The molecule has 1 amide bonds. The van der Waals surface area contributed by atoms with E-state index in [0.717, 1.165) is 12.0 Å². The second-order valence-corrected chi connectivity index (χ2v) is 7.41. The molecular weight excluding hydrogens is 428 g/mol. The summed E-state index contributed by atoms with van der Waals surface area (Å²) >= 11 is 0. The lowest BCUT2D eigenvalue weighted by Gasteiger charge is -2.12. The first kappa shape index (κ1) is 24.4. The van der Waals surface area contributed by atoms with Crippen LogP contribution >= 0.6 is 0 Å². The van der Waals surface area contributed by atoms with Crippen molar-refractivity contribution in [3.63, 3.8) is 0 Å². The molecule has 0 aromatic heterocycles. The Balaban J connectivity index is 1.66. The van der Waals surface area contributed by atoms with Gasteiger partial charge < -0.3 is 19.5 Å². The van der Waals surface area contributed by atoms with Crippen LogP contribution in [0.1, 0.15) is 31.4 Å². The number of nitrogens with one attached hydrogen (secondary N) is 1. The molecule has 3 rings (SSSR count). The molecule has 3 aromatic rings. The molecule has 0 atom stereocenters. The van der Waals surface area contributed by atoms with Gasteiger partial charge in [0.15, 0.2) is 11.5 Å². The Kier molecular flexibility index (Phi) is 9.12. The number of hydrogen-bond acceptors (Lipinski definition) is 5. The quantitative estimate of drug-likeness (QED) is 0.283. The van der Waals surface area contributed by atoms with Crippen molar-refractivity contribution in [2.45, 2.75) is 26.9 Å². The van der Waals surface area contributed by atoms with E-state index in [1.165, 1.54) is 6.08 Å². The average molecular weight is 457 g/mol. The van der Waals surface area contributed by atoms with E-state index in [1.54, 1.807) is 42.5 Å². The zero-order chi connectivity index (χ0) is 24.2. The third kappa shape index (κ3) is 7.14. The minimum absolute atomic E-state index is 0.0194. The summed E-state index contributed by atoms with van der Waals surface area (Å²) in [7, 11) is 0. The monoisotopic (exact) mass is 456 g/mol. The maximum absolute atomic E-state index is 12.7. The van der Waals surface area contributed by atoms with E-state index >= 15 is 0 Å². The molecule has 0 spiro atoms.